The Balaban J connectivity index is 1.68. The van der Waals surface area contributed by atoms with Crippen molar-refractivity contribution in [2.45, 2.75) is 18.8 Å². The summed E-state index contributed by atoms with van der Waals surface area (Å²) in [4.78, 5) is 13.1. The number of carbonyl (C=O) groups is 1. The fourth-order valence-electron chi connectivity index (χ4n) is 3.77. The smallest absolute Gasteiger partial charge is 0.307 e. The molecule has 2 aromatic carbocycles. The van der Waals surface area contributed by atoms with Crippen molar-refractivity contribution in [1.82, 2.24) is 4.90 Å². The third kappa shape index (κ3) is 5.58. The van der Waals surface area contributed by atoms with Gasteiger partial charge in [0, 0.05) is 31.1 Å². The Hall–Kier alpha value is -2.45. The van der Waals surface area contributed by atoms with Crippen LogP contribution in [0.15, 0.2) is 36.4 Å². The summed E-state index contributed by atoms with van der Waals surface area (Å²) in [6.07, 6.45) is 1.42. The zero-order valence-corrected chi connectivity index (χ0v) is 16.3. The third-order valence-electron chi connectivity index (χ3n) is 5.37. The molecule has 4 nitrogen and oxygen atoms in total. The van der Waals surface area contributed by atoms with E-state index in [2.05, 4.69) is 0 Å². The van der Waals surface area contributed by atoms with Crippen molar-refractivity contribution < 1.29 is 32.2 Å². The molecule has 1 heterocycles. The van der Waals surface area contributed by atoms with Crippen LogP contribution in [-0.2, 0) is 9.53 Å². The molecule has 162 valence electrons. The molecule has 0 aliphatic carbocycles. The average molecular weight is 425 g/mol. The quantitative estimate of drug-likeness (QED) is 0.509. The highest BCUT2D eigenvalue weighted by molar-refractivity contribution is 5.70. The van der Waals surface area contributed by atoms with E-state index in [-0.39, 0.29) is 24.3 Å². The van der Waals surface area contributed by atoms with Crippen LogP contribution in [0, 0.1) is 29.2 Å². The van der Waals surface area contributed by atoms with Crippen LogP contribution in [0.1, 0.15) is 29.9 Å². The van der Waals surface area contributed by atoms with Crippen molar-refractivity contribution >= 4 is 5.97 Å². The molecular formula is C22H23F4NO3. The molecule has 0 spiro atoms. The number of benzene rings is 2. The lowest BCUT2D eigenvalue weighted by atomic mass is 9.91. The molecule has 0 radical (unpaired) electrons. The van der Waals surface area contributed by atoms with Crippen LogP contribution in [0.25, 0.3) is 0 Å². The monoisotopic (exact) mass is 425 g/mol. The number of piperidine rings is 1. The van der Waals surface area contributed by atoms with Crippen LogP contribution in [0.5, 0.6) is 0 Å². The van der Waals surface area contributed by atoms with E-state index in [4.69, 9.17) is 9.84 Å². The molecule has 3 rings (SSSR count). The molecule has 1 N–H and O–H groups in total. The van der Waals surface area contributed by atoms with Crippen molar-refractivity contribution in [1.29, 1.82) is 0 Å². The first-order chi connectivity index (χ1) is 14.3. The molecule has 1 fully saturated rings. The van der Waals surface area contributed by atoms with Crippen LogP contribution in [0.4, 0.5) is 17.6 Å². The number of aliphatic carboxylic acids is 1. The lowest BCUT2D eigenvalue weighted by Gasteiger charge is -2.30. The summed E-state index contributed by atoms with van der Waals surface area (Å²) in [5.41, 5.74) is 0.0941. The van der Waals surface area contributed by atoms with E-state index >= 15 is 0 Å². The van der Waals surface area contributed by atoms with Gasteiger partial charge < -0.3 is 14.7 Å². The van der Waals surface area contributed by atoms with Gasteiger partial charge in [-0.25, -0.2) is 17.6 Å². The van der Waals surface area contributed by atoms with E-state index in [0.29, 0.717) is 31.6 Å². The van der Waals surface area contributed by atoms with Crippen LogP contribution >= 0.6 is 0 Å². The van der Waals surface area contributed by atoms with Gasteiger partial charge in [0.2, 0.25) is 0 Å². The fraction of sp³-hybridized carbons (Fsp3) is 0.409. The van der Waals surface area contributed by atoms with E-state index < -0.39 is 41.1 Å². The Kier molecular flexibility index (Phi) is 7.44. The fourth-order valence-corrected chi connectivity index (χ4v) is 3.77. The third-order valence-corrected chi connectivity index (χ3v) is 5.37. The number of ether oxygens (including phenoxy) is 1. The predicted octanol–water partition coefficient (Wildman–Crippen LogP) is 4.19. The molecule has 1 aliphatic heterocycles. The Labute approximate surface area is 172 Å². The van der Waals surface area contributed by atoms with E-state index in [0.717, 1.165) is 25.1 Å². The van der Waals surface area contributed by atoms with Gasteiger partial charge in [-0.2, -0.15) is 0 Å². The standard InChI is InChI=1S/C22H23F4NO3/c23-15-3-5-17(20(25)10-15)19(18-6-4-16(24)11-21(18)26)13-30-9-8-27-7-1-2-14(12-27)22(28)29/h3-6,10-11,14,19H,1-2,7-9,12-13H2,(H,28,29). The summed E-state index contributed by atoms with van der Waals surface area (Å²) in [5.74, 6) is -5.31. The summed E-state index contributed by atoms with van der Waals surface area (Å²) in [7, 11) is 0. The number of hydrogen-bond acceptors (Lipinski definition) is 3. The number of carboxylic acid groups (broad SMARTS) is 1. The van der Waals surface area contributed by atoms with Crippen molar-refractivity contribution in [2.75, 3.05) is 32.8 Å². The minimum absolute atomic E-state index is 0.0471. The molecule has 30 heavy (non-hydrogen) atoms. The molecule has 0 amide bonds. The molecule has 0 bridgehead atoms. The zero-order chi connectivity index (χ0) is 21.7. The van der Waals surface area contributed by atoms with Crippen LogP contribution < -0.4 is 0 Å². The van der Waals surface area contributed by atoms with Gasteiger partial charge in [0.15, 0.2) is 0 Å². The molecule has 0 saturated carbocycles. The molecule has 0 aromatic heterocycles. The Morgan fingerprint density at radius 1 is 1.07 bits per heavy atom. The topological polar surface area (TPSA) is 49.8 Å². The van der Waals surface area contributed by atoms with Crippen LogP contribution in [-0.4, -0.2) is 48.8 Å². The molecule has 1 aliphatic rings. The van der Waals surface area contributed by atoms with E-state index in [1.807, 2.05) is 4.90 Å². The number of rotatable bonds is 8. The zero-order valence-electron chi connectivity index (χ0n) is 16.3. The van der Waals surface area contributed by atoms with Crippen molar-refractivity contribution in [3.05, 3.63) is 70.8 Å². The molecule has 1 atom stereocenters. The number of nitrogens with zero attached hydrogens (tertiary/aromatic N) is 1. The Bertz CT molecular complexity index is 841. The SMILES string of the molecule is O=C(O)C1CCCN(CCOCC(c2ccc(F)cc2F)c2ccc(F)cc2F)C1. The highest BCUT2D eigenvalue weighted by atomic mass is 19.1. The van der Waals surface area contributed by atoms with E-state index in [9.17, 15) is 22.4 Å². The molecule has 2 aromatic rings. The highest BCUT2D eigenvalue weighted by Gasteiger charge is 2.26. The Morgan fingerprint density at radius 2 is 1.67 bits per heavy atom. The van der Waals surface area contributed by atoms with Gasteiger partial charge in [-0.15, -0.1) is 0 Å². The Morgan fingerprint density at radius 3 is 2.20 bits per heavy atom. The predicted molar refractivity (Wildman–Crippen MR) is 102 cm³/mol. The van der Waals surface area contributed by atoms with Gasteiger partial charge in [0.05, 0.1) is 19.1 Å². The van der Waals surface area contributed by atoms with Gasteiger partial charge in [-0.1, -0.05) is 12.1 Å². The van der Waals surface area contributed by atoms with Gasteiger partial charge in [0.1, 0.15) is 23.3 Å². The van der Waals surface area contributed by atoms with Crippen molar-refractivity contribution in [3.63, 3.8) is 0 Å². The molecule has 8 heteroatoms. The normalized spacial score (nSPS) is 17.4. The lowest BCUT2D eigenvalue weighted by Crippen LogP contribution is -2.40. The van der Waals surface area contributed by atoms with E-state index in [1.54, 1.807) is 0 Å². The van der Waals surface area contributed by atoms with Crippen LogP contribution in [0.3, 0.4) is 0 Å². The van der Waals surface area contributed by atoms with Gasteiger partial charge in [-0.05, 0) is 42.6 Å². The van der Waals surface area contributed by atoms with Gasteiger partial charge >= 0.3 is 5.97 Å². The first kappa shape index (κ1) is 22.2. The summed E-state index contributed by atoms with van der Waals surface area (Å²) in [5, 5.41) is 9.16. The largest absolute Gasteiger partial charge is 0.481 e. The van der Waals surface area contributed by atoms with Crippen molar-refractivity contribution in [2.24, 2.45) is 5.92 Å². The lowest BCUT2D eigenvalue weighted by molar-refractivity contribution is -0.143. The second kappa shape index (κ2) is 10.0. The minimum atomic E-state index is -0.890. The van der Waals surface area contributed by atoms with Gasteiger partial charge in [-0.3, -0.25) is 4.79 Å². The minimum Gasteiger partial charge on any atom is -0.481 e. The molecule has 1 unspecified atom stereocenters. The average Bonchev–Trinajstić information content (AvgIpc) is 2.70. The second-order valence-corrected chi connectivity index (χ2v) is 7.44. The summed E-state index contributed by atoms with van der Waals surface area (Å²) in [6.45, 7) is 1.81. The van der Waals surface area contributed by atoms with Gasteiger partial charge in [0.25, 0.3) is 0 Å². The first-order valence-electron chi connectivity index (χ1n) is 9.78. The number of halogens is 4. The maximum absolute atomic E-state index is 14.4. The molecule has 1 saturated heterocycles. The van der Waals surface area contributed by atoms with E-state index in [1.165, 1.54) is 12.1 Å². The number of likely N-dealkylation sites (tertiary alicyclic amines) is 1. The maximum atomic E-state index is 14.4. The summed E-state index contributed by atoms with van der Waals surface area (Å²) < 4.78 is 61.0. The second-order valence-electron chi connectivity index (χ2n) is 7.44. The van der Waals surface area contributed by atoms with Crippen molar-refractivity contribution in [3.8, 4) is 0 Å². The maximum Gasteiger partial charge on any atom is 0.307 e. The summed E-state index contributed by atoms with van der Waals surface area (Å²) >= 11 is 0. The summed E-state index contributed by atoms with van der Waals surface area (Å²) in [6, 6.07) is 6.03. The number of hydrogen-bond donors (Lipinski definition) is 1. The highest BCUT2D eigenvalue weighted by Crippen LogP contribution is 2.30. The molecular weight excluding hydrogens is 402 g/mol. The first-order valence-corrected chi connectivity index (χ1v) is 9.78. The number of carboxylic acids is 1. The van der Waals surface area contributed by atoms with Crippen LogP contribution in [0.2, 0.25) is 0 Å².